The van der Waals surface area contributed by atoms with Crippen LogP contribution in [0.15, 0.2) is 0 Å². The molecule has 2 aliphatic rings. The molecule has 2 aliphatic carbocycles. The van der Waals surface area contributed by atoms with Crippen LogP contribution in [0.1, 0.15) is 66.2 Å². The first kappa shape index (κ1) is 16.3. The Labute approximate surface area is 126 Å². The van der Waals surface area contributed by atoms with Crippen LogP contribution in [-0.4, -0.2) is 37.1 Å². The first-order chi connectivity index (χ1) is 9.54. The minimum absolute atomic E-state index is 0.543. The second kappa shape index (κ2) is 7.26. The van der Waals surface area contributed by atoms with Gasteiger partial charge in [0.2, 0.25) is 0 Å². The lowest BCUT2D eigenvalue weighted by molar-refractivity contribution is 0.0681. The number of hydrogen-bond donors (Lipinski definition) is 1. The molecule has 0 amide bonds. The molecule has 2 heteroatoms. The molecular weight excluding hydrogens is 244 g/mol. The van der Waals surface area contributed by atoms with Gasteiger partial charge in [-0.15, -0.1) is 0 Å². The SMILES string of the molecule is CCNCC1(CN(CC2CC2)C(C)C)CCC(C)CC1. The van der Waals surface area contributed by atoms with Gasteiger partial charge in [-0.2, -0.15) is 0 Å². The lowest BCUT2D eigenvalue weighted by Gasteiger charge is -2.44. The molecule has 0 bridgehead atoms. The van der Waals surface area contributed by atoms with E-state index in [1.165, 1.54) is 58.2 Å². The third-order valence-corrected chi connectivity index (χ3v) is 5.54. The molecule has 0 aliphatic heterocycles. The van der Waals surface area contributed by atoms with Crippen LogP contribution in [-0.2, 0) is 0 Å². The Kier molecular flexibility index (Phi) is 5.92. The van der Waals surface area contributed by atoms with Crippen LogP contribution in [0, 0.1) is 17.3 Å². The molecule has 0 aromatic carbocycles. The van der Waals surface area contributed by atoms with E-state index in [1.54, 1.807) is 0 Å². The van der Waals surface area contributed by atoms with Crippen molar-refractivity contribution in [1.29, 1.82) is 0 Å². The van der Waals surface area contributed by atoms with Gasteiger partial charge >= 0.3 is 0 Å². The Balaban J connectivity index is 1.96. The molecule has 1 N–H and O–H groups in total. The standard InChI is InChI=1S/C18H36N2/c1-5-19-13-18(10-8-16(4)9-11-18)14-20(15(2)3)12-17-6-7-17/h15-17,19H,5-14H2,1-4H3. The molecule has 2 saturated carbocycles. The van der Waals surface area contributed by atoms with Crippen molar-refractivity contribution in [2.45, 2.75) is 72.3 Å². The zero-order valence-electron chi connectivity index (χ0n) is 14.3. The number of nitrogens with zero attached hydrogens (tertiary/aromatic N) is 1. The zero-order chi connectivity index (χ0) is 14.6. The fourth-order valence-electron chi connectivity index (χ4n) is 3.68. The second-order valence-corrected chi connectivity index (χ2v) is 7.93. The summed E-state index contributed by atoms with van der Waals surface area (Å²) < 4.78 is 0. The summed E-state index contributed by atoms with van der Waals surface area (Å²) in [6.45, 7) is 14.4. The maximum absolute atomic E-state index is 3.66. The molecule has 0 aromatic rings. The van der Waals surface area contributed by atoms with E-state index in [0.717, 1.165) is 18.4 Å². The summed E-state index contributed by atoms with van der Waals surface area (Å²) >= 11 is 0. The van der Waals surface area contributed by atoms with Gasteiger partial charge in [0, 0.05) is 25.7 Å². The maximum Gasteiger partial charge on any atom is 0.00530 e. The van der Waals surface area contributed by atoms with Crippen LogP contribution >= 0.6 is 0 Å². The van der Waals surface area contributed by atoms with Gasteiger partial charge in [0.1, 0.15) is 0 Å². The van der Waals surface area contributed by atoms with Crippen molar-refractivity contribution in [3.8, 4) is 0 Å². The number of hydrogen-bond acceptors (Lipinski definition) is 2. The average Bonchev–Trinajstić information content (AvgIpc) is 3.23. The van der Waals surface area contributed by atoms with E-state index in [1.807, 2.05) is 0 Å². The van der Waals surface area contributed by atoms with Crippen LogP contribution in [0.2, 0.25) is 0 Å². The minimum Gasteiger partial charge on any atom is -0.316 e. The number of nitrogens with one attached hydrogen (secondary N) is 1. The highest BCUT2D eigenvalue weighted by atomic mass is 15.2. The van der Waals surface area contributed by atoms with Crippen molar-refractivity contribution in [2.24, 2.45) is 17.3 Å². The van der Waals surface area contributed by atoms with Crippen LogP contribution in [0.25, 0.3) is 0 Å². The van der Waals surface area contributed by atoms with Crippen molar-refractivity contribution in [3.63, 3.8) is 0 Å². The third-order valence-electron chi connectivity index (χ3n) is 5.54. The van der Waals surface area contributed by atoms with Crippen LogP contribution in [0.4, 0.5) is 0 Å². The van der Waals surface area contributed by atoms with Crippen molar-refractivity contribution >= 4 is 0 Å². The first-order valence-electron chi connectivity index (χ1n) is 8.99. The van der Waals surface area contributed by atoms with Gasteiger partial charge in [0.15, 0.2) is 0 Å². The Morgan fingerprint density at radius 3 is 2.30 bits per heavy atom. The van der Waals surface area contributed by atoms with E-state index >= 15 is 0 Å². The Morgan fingerprint density at radius 1 is 1.15 bits per heavy atom. The molecule has 0 atom stereocenters. The van der Waals surface area contributed by atoms with Gasteiger partial charge in [-0.05, 0) is 63.3 Å². The van der Waals surface area contributed by atoms with E-state index in [2.05, 4.69) is 37.9 Å². The van der Waals surface area contributed by atoms with Crippen molar-refractivity contribution in [1.82, 2.24) is 10.2 Å². The molecule has 2 rings (SSSR count). The number of rotatable bonds is 8. The third kappa shape index (κ3) is 4.73. The summed E-state index contributed by atoms with van der Waals surface area (Å²) in [5.41, 5.74) is 0.543. The monoisotopic (exact) mass is 280 g/mol. The molecule has 0 heterocycles. The Morgan fingerprint density at radius 2 is 1.80 bits per heavy atom. The Bertz CT molecular complexity index is 270. The van der Waals surface area contributed by atoms with Crippen molar-refractivity contribution in [3.05, 3.63) is 0 Å². The van der Waals surface area contributed by atoms with Gasteiger partial charge in [-0.1, -0.05) is 26.7 Å². The van der Waals surface area contributed by atoms with Gasteiger partial charge in [0.05, 0.1) is 0 Å². The molecule has 0 spiro atoms. The molecule has 0 saturated heterocycles. The average molecular weight is 280 g/mol. The summed E-state index contributed by atoms with van der Waals surface area (Å²) in [4.78, 5) is 2.78. The summed E-state index contributed by atoms with van der Waals surface area (Å²) in [6.07, 6.45) is 8.66. The minimum atomic E-state index is 0.543. The van der Waals surface area contributed by atoms with Gasteiger partial charge in [-0.3, -0.25) is 0 Å². The lowest BCUT2D eigenvalue weighted by Crippen LogP contribution is -2.48. The van der Waals surface area contributed by atoms with E-state index in [9.17, 15) is 0 Å². The zero-order valence-corrected chi connectivity index (χ0v) is 14.3. The summed E-state index contributed by atoms with van der Waals surface area (Å²) in [5.74, 6) is 1.96. The summed E-state index contributed by atoms with van der Waals surface area (Å²) in [7, 11) is 0. The molecule has 0 radical (unpaired) electrons. The van der Waals surface area contributed by atoms with E-state index in [4.69, 9.17) is 0 Å². The highest BCUT2D eigenvalue weighted by Gasteiger charge is 2.37. The van der Waals surface area contributed by atoms with E-state index in [-0.39, 0.29) is 0 Å². The summed E-state index contributed by atoms with van der Waals surface area (Å²) in [5, 5.41) is 3.66. The fourth-order valence-corrected chi connectivity index (χ4v) is 3.68. The van der Waals surface area contributed by atoms with Gasteiger partial charge in [0.25, 0.3) is 0 Å². The molecule has 20 heavy (non-hydrogen) atoms. The molecule has 2 nitrogen and oxygen atoms in total. The predicted molar refractivity (Wildman–Crippen MR) is 88.0 cm³/mol. The topological polar surface area (TPSA) is 15.3 Å². The van der Waals surface area contributed by atoms with Gasteiger partial charge in [-0.25, -0.2) is 0 Å². The highest BCUT2D eigenvalue weighted by Crippen LogP contribution is 2.40. The molecule has 118 valence electrons. The summed E-state index contributed by atoms with van der Waals surface area (Å²) in [6, 6.07) is 0.702. The van der Waals surface area contributed by atoms with Gasteiger partial charge < -0.3 is 10.2 Å². The Hall–Kier alpha value is -0.0800. The maximum atomic E-state index is 3.66. The molecule has 0 unspecified atom stereocenters. The fraction of sp³-hybridized carbons (Fsp3) is 1.00. The second-order valence-electron chi connectivity index (χ2n) is 7.93. The highest BCUT2D eigenvalue weighted by molar-refractivity contribution is 4.91. The van der Waals surface area contributed by atoms with Crippen molar-refractivity contribution < 1.29 is 0 Å². The molecule has 0 aromatic heterocycles. The normalized spacial score (nSPS) is 31.2. The van der Waals surface area contributed by atoms with E-state index in [0.29, 0.717) is 11.5 Å². The largest absolute Gasteiger partial charge is 0.316 e. The van der Waals surface area contributed by atoms with Crippen LogP contribution in [0.3, 0.4) is 0 Å². The molecule has 2 fully saturated rings. The van der Waals surface area contributed by atoms with Crippen molar-refractivity contribution in [2.75, 3.05) is 26.2 Å². The van der Waals surface area contributed by atoms with Crippen LogP contribution in [0.5, 0.6) is 0 Å². The molecular formula is C18H36N2. The smallest absolute Gasteiger partial charge is 0.00530 e. The quantitative estimate of drug-likeness (QED) is 0.725. The van der Waals surface area contributed by atoms with Crippen LogP contribution < -0.4 is 5.32 Å². The van der Waals surface area contributed by atoms with E-state index < -0.39 is 0 Å². The predicted octanol–water partition coefficient (Wildman–Crippen LogP) is 3.91. The first-order valence-corrected chi connectivity index (χ1v) is 8.99. The lowest BCUT2D eigenvalue weighted by atomic mass is 9.70.